The van der Waals surface area contributed by atoms with Crippen LogP contribution in [-0.4, -0.2) is 28.4 Å². The van der Waals surface area contributed by atoms with Gasteiger partial charge in [0.05, 0.1) is 0 Å². The molecular weight excluding hydrogens is 246 g/mol. The third-order valence-electron chi connectivity index (χ3n) is 3.69. The molecule has 1 fully saturated rings. The number of hydrogen-bond acceptors (Lipinski definition) is 6. The molecule has 0 amide bonds. The van der Waals surface area contributed by atoms with Gasteiger partial charge in [-0.3, -0.25) is 0 Å². The second kappa shape index (κ2) is 6.45. The highest BCUT2D eigenvalue weighted by atomic mass is 16.5. The van der Waals surface area contributed by atoms with E-state index >= 15 is 0 Å². The van der Waals surface area contributed by atoms with Crippen LogP contribution in [0, 0.1) is 0 Å². The summed E-state index contributed by atoms with van der Waals surface area (Å²) in [4.78, 5) is 4.30. The van der Waals surface area contributed by atoms with E-state index in [1.807, 2.05) is 6.92 Å². The van der Waals surface area contributed by atoms with Crippen LogP contribution in [0.5, 0.6) is 0 Å². The maximum atomic E-state index is 9.65. The number of aromatic nitrogens is 2. The number of aliphatic hydroxyl groups excluding tert-OH is 1. The molecule has 1 unspecified atom stereocenters. The third-order valence-corrected chi connectivity index (χ3v) is 3.69. The molecule has 108 valence electrons. The minimum Gasteiger partial charge on any atom is -0.382 e. The van der Waals surface area contributed by atoms with Crippen molar-refractivity contribution in [3.63, 3.8) is 0 Å². The summed E-state index contributed by atoms with van der Waals surface area (Å²) in [6.45, 7) is 2.66. The number of nitrogens with two attached hydrogens (primary N) is 1. The van der Waals surface area contributed by atoms with E-state index < -0.39 is 11.7 Å². The first-order chi connectivity index (χ1) is 9.22. The Morgan fingerprint density at radius 2 is 2.05 bits per heavy atom. The highest BCUT2D eigenvalue weighted by molar-refractivity contribution is 5.04. The maximum absolute atomic E-state index is 9.65. The van der Waals surface area contributed by atoms with Crippen LogP contribution < -0.4 is 5.73 Å². The number of rotatable bonds is 5. The van der Waals surface area contributed by atoms with Gasteiger partial charge in [0.1, 0.15) is 11.7 Å². The zero-order chi connectivity index (χ0) is 13.7. The van der Waals surface area contributed by atoms with Crippen LogP contribution in [0.1, 0.15) is 63.3 Å². The number of aliphatic hydroxyl groups is 1. The van der Waals surface area contributed by atoms with E-state index in [0.717, 1.165) is 25.7 Å². The smallest absolute Gasteiger partial charge is 0.256 e. The predicted molar refractivity (Wildman–Crippen MR) is 69.3 cm³/mol. The Balaban J connectivity index is 2.24. The molecule has 19 heavy (non-hydrogen) atoms. The Kier molecular flexibility index (Phi) is 4.90. The summed E-state index contributed by atoms with van der Waals surface area (Å²) in [5.74, 6) is 0.736. The number of ether oxygens (including phenoxy) is 1. The van der Waals surface area contributed by atoms with Crippen molar-refractivity contribution in [2.75, 3.05) is 13.2 Å². The molecule has 6 heteroatoms. The highest BCUT2D eigenvalue weighted by Gasteiger charge is 2.38. The van der Waals surface area contributed by atoms with Crippen molar-refractivity contribution >= 4 is 0 Å². The molecule has 0 aromatic carbocycles. The Morgan fingerprint density at radius 3 is 2.63 bits per heavy atom. The van der Waals surface area contributed by atoms with Crippen molar-refractivity contribution in [3.05, 3.63) is 11.7 Å². The van der Waals surface area contributed by atoms with Crippen molar-refractivity contribution in [2.24, 2.45) is 5.73 Å². The average Bonchev–Trinajstić information content (AvgIpc) is 2.81. The van der Waals surface area contributed by atoms with E-state index in [1.165, 1.54) is 12.8 Å². The second-order valence-corrected chi connectivity index (χ2v) is 5.05. The van der Waals surface area contributed by atoms with Gasteiger partial charge in [0.25, 0.3) is 5.89 Å². The van der Waals surface area contributed by atoms with E-state index in [-0.39, 0.29) is 12.4 Å². The summed E-state index contributed by atoms with van der Waals surface area (Å²) >= 11 is 0. The van der Waals surface area contributed by atoms with E-state index in [1.54, 1.807) is 0 Å². The van der Waals surface area contributed by atoms with Gasteiger partial charge >= 0.3 is 0 Å². The van der Waals surface area contributed by atoms with Crippen molar-refractivity contribution in [1.82, 2.24) is 10.1 Å². The van der Waals surface area contributed by atoms with Crippen molar-refractivity contribution in [1.29, 1.82) is 0 Å². The van der Waals surface area contributed by atoms with Crippen LogP contribution in [0.3, 0.4) is 0 Å². The fourth-order valence-electron chi connectivity index (χ4n) is 2.66. The zero-order valence-corrected chi connectivity index (χ0v) is 11.5. The quantitative estimate of drug-likeness (QED) is 0.789. The van der Waals surface area contributed by atoms with Crippen LogP contribution >= 0.6 is 0 Å². The van der Waals surface area contributed by atoms with Crippen molar-refractivity contribution in [3.8, 4) is 0 Å². The molecule has 6 nitrogen and oxygen atoms in total. The van der Waals surface area contributed by atoms with Crippen LogP contribution in [0.25, 0.3) is 0 Å². The minimum atomic E-state index is -0.897. The third kappa shape index (κ3) is 3.13. The lowest BCUT2D eigenvalue weighted by atomic mass is 9.93. The van der Waals surface area contributed by atoms with Gasteiger partial charge < -0.3 is 20.1 Å². The fraction of sp³-hybridized carbons (Fsp3) is 0.846. The normalized spacial score (nSPS) is 21.0. The van der Waals surface area contributed by atoms with Crippen molar-refractivity contribution in [2.45, 2.75) is 57.2 Å². The Bertz CT molecular complexity index is 386. The van der Waals surface area contributed by atoms with Crippen molar-refractivity contribution < 1.29 is 14.4 Å². The first-order valence-corrected chi connectivity index (χ1v) is 7.08. The molecule has 0 aliphatic heterocycles. The summed E-state index contributed by atoms with van der Waals surface area (Å²) in [6.07, 6.45) is 5.53. The SMILES string of the molecule is CCOC1(c2noc(C(O)CN)n2)CCCCCC1. The largest absolute Gasteiger partial charge is 0.382 e. The predicted octanol–water partition coefficient (Wildman–Crippen LogP) is 1.65. The van der Waals surface area contributed by atoms with Gasteiger partial charge in [-0.05, 0) is 19.8 Å². The molecule has 0 bridgehead atoms. The molecule has 1 aliphatic rings. The summed E-state index contributed by atoms with van der Waals surface area (Å²) in [6, 6.07) is 0. The van der Waals surface area contributed by atoms with Gasteiger partial charge in [0.15, 0.2) is 0 Å². The van der Waals surface area contributed by atoms with Gasteiger partial charge in [-0.1, -0.05) is 30.8 Å². The zero-order valence-electron chi connectivity index (χ0n) is 11.5. The van der Waals surface area contributed by atoms with Crippen LogP contribution in [0.15, 0.2) is 4.52 Å². The molecule has 1 heterocycles. The van der Waals surface area contributed by atoms with Crippen LogP contribution in [-0.2, 0) is 10.3 Å². The minimum absolute atomic E-state index is 0.0727. The Labute approximate surface area is 113 Å². The molecule has 1 aromatic rings. The van der Waals surface area contributed by atoms with Gasteiger partial charge in [-0.15, -0.1) is 0 Å². The molecule has 2 rings (SSSR count). The summed E-state index contributed by atoms with van der Waals surface area (Å²) < 4.78 is 11.1. The first-order valence-electron chi connectivity index (χ1n) is 7.08. The Morgan fingerprint density at radius 1 is 1.37 bits per heavy atom. The molecular formula is C13H23N3O3. The maximum Gasteiger partial charge on any atom is 0.256 e. The fourth-order valence-corrected chi connectivity index (χ4v) is 2.66. The van der Waals surface area contributed by atoms with E-state index in [2.05, 4.69) is 10.1 Å². The van der Waals surface area contributed by atoms with E-state index in [4.69, 9.17) is 15.0 Å². The molecule has 0 spiro atoms. The highest BCUT2D eigenvalue weighted by Crippen LogP contribution is 2.38. The number of nitrogens with zero attached hydrogens (tertiary/aromatic N) is 2. The molecule has 0 radical (unpaired) electrons. The average molecular weight is 269 g/mol. The number of hydrogen-bond donors (Lipinski definition) is 2. The lowest BCUT2D eigenvalue weighted by Crippen LogP contribution is -2.31. The molecule has 1 aliphatic carbocycles. The Hall–Kier alpha value is -0.980. The molecule has 1 aromatic heterocycles. The lowest BCUT2D eigenvalue weighted by Gasteiger charge is -2.29. The molecule has 3 N–H and O–H groups in total. The standard InChI is InChI=1S/C13H23N3O3/c1-2-18-13(7-5-3-4-6-8-13)12-15-11(19-16-12)10(17)9-14/h10,17H,2-9,14H2,1H3. The van der Waals surface area contributed by atoms with Gasteiger partial charge in [0.2, 0.25) is 5.82 Å². The van der Waals surface area contributed by atoms with Gasteiger partial charge in [0, 0.05) is 13.2 Å². The monoisotopic (exact) mass is 269 g/mol. The van der Waals surface area contributed by atoms with Crippen LogP contribution in [0.2, 0.25) is 0 Å². The molecule has 0 saturated heterocycles. The first kappa shape index (κ1) is 14.4. The molecule has 1 atom stereocenters. The van der Waals surface area contributed by atoms with E-state index in [0.29, 0.717) is 12.4 Å². The van der Waals surface area contributed by atoms with Gasteiger partial charge in [-0.2, -0.15) is 4.98 Å². The lowest BCUT2D eigenvalue weighted by molar-refractivity contribution is -0.0636. The summed E-state index contributed by atoms with van der Waals surface area (Å²) in [5.41, 5.74) is 4.94. The van der Waals surface area contributed by atoms with Gasteiger partial charge in [-0.25, -0.2) is 0 Å². The molecule has 1 saturated carbocycles. The van der Waals surface area contributed by atoms with E-state index in [9.17, 15) is 5.11 Å². The second-order valence-electron chi connectivity index (χ2n) is 5.05. The van der Waals surface area contributed by atoms with Crippen LogP contribution in [0.4, 0.5) is 0 Å². The topological polar surface area (TPSA) is 94.4 Å². The summed E-state index contributed by atoms with van der Waals surface area (Å²) in [7, 11) is 0. The summed E-state index contributed by atoms with van der Waals surface area (Å²) in [5, 5.41) is 13.7.